The maximum Gasteiger partial charge on any atom is 0.255 e. The van der Waals surface area contributed by atoms with Crippen LogP contribution in [-0.4, -0.2) is 80.6 Å². The Morgan fingerprint density at radius 2 is 1.42 bits per heavy atom. The second-order valence-corrected chi connectivity index (χ2v) is 10.6. The van der Waals surface area contributed by atoms with Crippen LogP contribution in [0, 0.1) is 0 Å². The molecule has 9 heteroatoms. The molecule has 2 fully saturated rings. The van der Waals surface area contributed by atoms with Crippen molar-refractivity contribution in [1.82, 2.24) is 4.90 Å². The molecule has 0 spiro atoms. The lowest BCUT2D eigenvalue weighted by Gasteiger charge is -2.57. The Kier molecular flexibility index (Phi) is 12.7. The summed E-state index contributed by atoms with van der Waals surface area (Å²) in [6.45, 7) is 16.6. The van der Waals surface area contributed by atoms with Gasteiger partial charge in [-0.05, 0) is 23.3 Å². The number of hydrogen-bond acceptors (Lipinski definition) is 7. The molecule has 0 radical (unpaired) electrons. The van der Waals surface area contributed by atoms with Gasteiger partial charge in [-0.2, -0.15) is 0 Å². The van der Waals surface area contributed by atoms with Crippen LogP contribution in [0.2, 0.25) is 5.02 Å². The van der Waals surface area contributed by atoms with E-state index in [2.05, 4.69) is 26.3 Å². The predicted molar refractivity (Wildman–Crippen MR) is 166 cm³/mol. The van der Waals surface area contributed by atoms with E-state index >= 15 is 0 Å². The van der Waals surface area contributed by atoms with Gasteiger partial charge in [-0.3, -0.25) is 4.79 Å². The Bertz CT molecular complexity index is 1210. The van der Waals surface area contributed by atoms with Gasteiger partial charge in [0, 0.05) is 5.02 Å². The fourth-order valence-electron chi connectivity index (χ4n) is 5.37. The minimum absolute atomic E-state index is 0.190. The van der Waals surface area contributed by atoms with E-state index < -0.39 is 42.8 Å². The van der Waals surface area contributed by atoms with Gasteiger partial charge in [-0.25, -0.2) is 0 Å². The van der Waals surface area contributed by atoms with E-state index in [4.69, 9.17) is 40.0 Å². The Labute approximate surface area is 259 Å². The monoisotopic (exact) mass is 609 g/mol. The highest BCUT2D eigenvalue weighted by molar-refractivity contribution is 6.30. The van der Waals surface area contributed by atoms with Crippen molar-refractivity contribution in [3.05, 3.63) is 121 Å². The number of ether oxygens (including phenoxy) is 6. The summed E-state index contributed by atoms with van der Waals surface area (Å²) in [6.07, 6.45) is 3.09. The first kappa shape index (κ1) is 32.8. The summed E-state index contributed by atoms with van der Waals surface area (Å²) in [7, 11) is 0. The van der Waals surface area contributed by atoms with Crippen molar-refractivity contribution in [2.45, 2.75) is 49.4 Å². The molecule has 0 aromatic heterocycles. The number of benzene rings is 2. The lowest BCUT2D eigenvalue weighted by atomic mass is 9.84. The van der Waals surface area contributed by atoms with Gasteiger partial charge in [0.15, 0.2) is 12.4 Å². The highest BCUT2D eigenvalue weighted by atomic mass is 35.5. The molecule has 0 saturated carbocycles. The Hall–Kier alpha value is -3.08. The zero-order valence-electron chi connectivity index (χ0n) is 24.3. The molecule has 1 amide bonds. The average molecular weight is 610 g/mol. The Balaban J connectivity index is 1.72. The first-order valence-corrected chi connectivity index (χ1v) is 14.7. The molecule has 2 saturated heterocycles. The second kappa shape index (κ2) is 16.7. The third-order valence-electron chi connectivity index (χ3n) is 7.21. The Morgan fingerprint density at radius 3 is 2.07 bits per heavy atom. The highest BCUT2D eigenvalue weighted by Crippen LogP contribution is 2.44. The molecule has 2 aliphatic heterocycles. The molecule has 2 unspecified atom stereocenters. The van der Waals surface area contributed by atoms with Crippen LogP contribution in [0.15, 0.2) is 105 Å². The van der Waals surface area contributed by atoms with Crippen molar-refractivity contribution in [3.63, 3.8) is 0 Å². The van der Waals surface area contributed by atoms with Crippen LogP contribution in [0.4, 0.5) is 0 Å². The summed E-state index contributed by atoms with van der Waals surface area (Å²) in [5, 5.41) is 0.586. The molecule has 43 heavy (non-hydrogen) atoms. The largest absolute Gasteiger partial charge is 0.375 e. The summed E-state index contributed by atoms with van der Waals surface area (Å²) < 4.78 is 37.3. The molecule has 2 aromatic carbocycles. The third-order valence-corrected chi connectivity index (χ3v) is 7.47. The Morgan fingerprint density at radius 1 is 0.791 bits per heavy atom. The van der Waals surface area contributed by atoms with Crippen LogP contribution in [-0.2, 0) is 39.8 Å². The summed E-state index contributed by atoms with van der Waals surface area (Å²) >= 11 is 6.23. The quantitative estimate of drug-likeness (QED) is 0.126. The van der Waals surface area contributed by atoms with Gasteiger partial charge in [-0.1, -0.05) is 78.4 Å². The topological polar surface area (TPSA) is 75.7 Å². The lowest BCUT2D eigenvalue weighted by Crippen LogP contribution is -2.73. The number of hydrogen-bond donors (Lipinski definition) is 0. The van der Waals surface area contributed by atoms with Crippen molar-refractivity contribution in [2.75, 3.05) is 33.0 Å². The smallest absolute Gasteiger partial charge is 0.255 e. The molecule has 2 heterocycles. The van der Waals surface area contributed by atoms with Crippen molar-refractivity contribution in [1.29, 1.82) is 0 Å². The summed E-state index contributed by atoms with van der Waals surface area (Å²) in [4.78, 5) is 15.8. The van der Waals surface area contributed by atoms with Crippen LogP contribution < -0.4 is 0 Å². The van der Waals surface area contributed by atoms with E-state index in [1.807, 2.05) is 42.5 Å². The van der Waals surface area contributed by atoms with Gasteiger partial charge >= 0.3 is 0 Å². The zero-order valence-corrected chi connectivity index (χ0v) is 25.1. The molecule has 7 atom stereocenters. The lowest BCUT2D eigenvalue weighted by molar-refractivity contribution is -0.307. The fourth-order valence-corrected chi connectivity index (χ4v) is 5.50. The van der Waals surface area contributed by atoms with Crippen LogP contribution in [0.1, 0.15) is 17.2 Å². The summed E-state index contributed by atoms with van der Waals surface area (Å²) in [5.74, 6) is -0.215. The molecule has 2 aliphatic rings. The normalized spacial score (nSPS) is 26.9. The number of halogens is 1. The van der Waals surface area contributed by atoms with Gasteiger partial charge in [0.1, 0.15) is 24.4 Å². The molecule has 230 valence electrons. The predicted octanol–water partition coefficient (Wildman–Crippen LogP) is 5.45. The number of β-lactam (4-membered cyclic amide) rings is 1. The van der Waals surface area contributed by atoms with Crippen LogP contribution in [0.25, 0.3) is 0 Å². The second-order valence-electron chi connectivity index (χ2n) is 10.1. The number of nitrogens with zero attached hydrogens (tertiary/aromatic N) is 1. The van der Waals surface area contributed by atoms with Crippen LogP contribution in [0.5, 0.6) is 0 Å². The zero-order chi connectivity index (χ0) is 30.6. The van der Waals surface area contributed by atoms with Gasteiger partial charge in [0.2, 0.25) is 0 Å². The third kappa shape index (κ3) is 8.10. The number of carbonyl (C=O) groups is 1. The van der Waals surface area contributed by atoms with E-state index in [1.165, 1.54) is 0 Å². The van der Waals surface area contributed by atoms with Crippen LogP contribution in [0.3, 0.4) is 0 Å². The van der Waals surface area contributed by atoms with E-state index in [0.717, 1.165) is 11.1 Å². The number of rotatable bonds is 18. The van der Waals surface area contributed by atoms with Crippen molar-refractivity contribution < 1.29 is 33.2 Å². The van der Waals surface area contributed by atoms with Crippen LogP contribution >= 0.6 is 11.6 Å². The van der Waals surface area contributed by atoms with Crippen molar-refractivity contribution >= 4 is 17.5 Å². The van der Waals surface area contributed by atoms with Crippen molar-refractivity contribution in [3.8, 4) is 0 Å². The van der Waals surface area contributed by atoms with Crippen molar-refractivity contribution in [2.24, 2.45) is 0 Å². The number of likely N-dealkylation sites (tertiary alicyclic amines) is 1. The maximum atomic E-state index is 14.1. The first-order chi connectivity index (χ1) is 21.0. The van der Waals surface area contributed by atoms with E-state index in [0.29, 0.717) is 11.6 Å². The SMILES string of the molecule is C=CCOC[C@H]1O[C@@H](OCC=C)[C@H](N2C(=O)C(OCc3ccccc3)C2c2ccc(Cl)cc2)[C@@H](OCC=C)[C@@H]1OCC=C. The molecule has 0 aliphatic carbocycles. The van der Waals surface area contributed by atoms with E-state index in [-0.39, 0.29) is 38.9 Å². The minimum Gasteiger partial charge on any atom is -0.375 e. The van der Waals surface area contributed by atoms with E-state index in [9.17, 15) is 4.79 Å². The molecular weight excluding hydrogens is 570 g/mol. The fraction of sp³-hybridized carbons (Fsp3) is 0.382. The summed E-state index contributed by atoms with van der Waals surface area (Å²) in [5.41, 5.74) is 1.82. The molecule has 0 N–H and O–H groups in total. The number of carbonyl (C=O) groups excluding carboxylic acids is 1. The standard InChI is InChI=1S/C34H40ClNO7/c1-5-18-38-23-27-30(39-19-6-2)31(40-20-7-3)29(34(43-27)41-21-8-4)36-28(25-14-16-26(35)17-15-25)32(33(36)37)42-22-24-12-10-9-11-13-24/h5-17,27-32,34H,1-4,18-23H2/t27-,28?,29-,30-,31-,32?,34-/m1/s1. The maximum absolute atomic E-state index is 14.1. The minimum atomic E-state index is -0.887. The average Bonchev–Trinajstić information content (AvgIpc) is 3.02. The van der Waals surface area contributed by atoms with E-state index in [1.54, 1.807) is 41.3 Å². The van der Waals surface area contributed by atoms with Gasteiger partial charge in [-0.15, -0.1) is 26.3 Å². The molecule has 8 nitrogen and oxygen atoms in total. The number of amides is 1. The highest BCUT2D eigenvalue weighted by Gasteiger charge is 2.60. The van der Waals surface area contributed by atoms with Gasteiger partial charge < -0.3 is 33.3 Å². The summed E-state index contributed by atoms with van der Waals surface area (Å²) in [6, 6.07) is 15.9. The van der Waals surface area contributed by atoms with Gasteiger partial charge in [0.05, 0.1) is 45.7 Å². The van der Waals surface area contributed by atoms with Gasteiger partial charge in [0.25, 0.3) is 5.91 Å². The first-order valence-electron chi connectivity index (χ1n) is 14.3. The molecular formula is C34H40ClNO7. The molecule has 0 bridgehead atoms. The molecule has 2 aromatic rings. The molecule has 4 rings (SSSR count).